The van der Waals surface area contributed by atoms with E-state index >= 15 is 0 Å². The smallest absolute Gasteiger partial charge is 0.337 e. The highest BCUT2D eigenvalue weighted by atomic mass is 32.2. The largest absolute Gasteiger partial charge is 0.494 e. The summed E-state index contributed by atoms with van der Waals surface area (Å²) in [7, 11) is -2.07. The first-order chi connectivity index (χ1) is 13.7. The zero-order valence-electron chi connectivity index (χ0n) is 15.6. The van der Waals surface area contributed by atoms with Gasteiger partial charge in [-0.05, 0) is 42.0 Å². The maximum atomic E-state index is 11.9. The number of aromatic nitrogens is 1. The number of ether oxygens (including phenoxy) is 1. The first kappa shape index (κ1) is 18.8. The number of aromatic hydroxyl groups is 1. The minimum atomic E-state index is -3.37. The highest BCUT2D eigenvalue weighted by Gasteiger charge is 2.22. The van der Waals surface area contributed by atoms with Crippen LogP contribution in [0, 0.1) is 0 Å². The third kappa shape index (κ3) is 3.61. The summed E-state index contributed by atoms with van der Waals surface area (Å²) in [4.78, 5) is 19.2. The molecule has 9 nitrogen and oxygen atoms in total. The first-order valence-corrected chi connectivity index (χ1v) is 10.5. The third-order valence-corrected chi connectivity index (χ3v) is 5.11. The summed E-state index contributed by atoms with van der Waals surface area (Å²) in [5, 5.41) is 14.2. The van der Waals surface area contributed by atoms with Crippen LogP contribution in [0.1, 0.15) is 21.5 Å². The standard InChI is InChI=1S/C19H18N4O5S/c1-28-19(25)10-3-5-15-13(8-10)16(18(24)22-15)17-20-9-11-7-12(23-29(2,26)27)4-6-14(11)21-17/h3-8,22-24H,9H2,1-2H3,(H,20,21). The van der Waals surface area contributed by atoms with Crippen molar-refractivity contribution in [2.75, 3.05) is 23.4 Å². The number of carbonyl (C=O) groups excluding carboxylic acids is 1. The van der Waals surface area contributed by atoms with Gasteiger partial charge in [0.15, 0.2) is 0 Å². The van der Waals surface area contributed by atoms with Crippen molar-refractivity contribution < 1.29 is 23.1 Å². The number of rotatable bonds is 4. The lowest BCUT2D eigenvalue weighted by Gasteiger charge is -2.19. The number of nitrogens with zero attached hydrogens (tertiary/aromatic N) is 1. The van der Waals surface area contributed by atoms with Crippen molar-refractivity contribution >= 4 is 44.1 Å². The van der Waals surface area contributed by atoms with E-state index in [4.69, 9.17) is 4.74 Å². The molecule has 4 rings (SSSR count). The van der Waals surface area contributed by atoms with E-state index in [1.807, 2.05) is 0 Å². The number of hydrogen-bond acceptors (Lipinski definition) is 7. The quantitative estimate of drug-likeness (QED) is 0.485. The van der Waals surface area contributed by atoms with Crippen LogP contribution < -0.4 is 10.0 Å². The lowest BCUT2D eigenvalue weighted by Crippen LogP contribution is -2.19. The second-order valence-electron chi connectivity index (χ2n) is 6.64. The molecule has 150 valence electrons. The lowest BCUT2D eigenvalue weighted by molar-refractivity contribution is 0.0601. The molecule has 0 bridgehead atoms. The second kappa shape index (κ2) is 6.82. The van der Waals surface area contributed by atoms with Gasteiger partial charge in [0.2, 0.25) is 15.9 Å². The summed E-state index contributed by atoms with van der Waals surface area (Å²) in [6.07, 6.45) is 1.09. The molecule has 2 aromatic carbocycles. The molecule has 0 unspecified atom stereocenters. The minimum absolute atomic E-state index is 0.0768. The SMILES string of the molecule is COC(=O)c1ccc2[nH]c(O)c(C3=NCc4cc(NS(C)(=O)=O)ccc4N3)c2c1. The molecule has 1 aromatic heterocycles. The van der Waals surface area contributed by atoms with Crippen LogP contribution in [0.3, 0.4) is 0 Å². The third-order valence-electron chi connectivity index (χ3n) is 4.51. The van der Waals surface area contributed by atoms with Crippen molar-refractivity contribution in [3.8, 4) is 5.88 Å². The fourth-order valence-electron chi connectivity index (χ4n) is 3.26. The topological polar surface area (TPSA) is 133 Å². The molecule has 10 heteroatoms. The van der Waals surface area contributed by atoms with E-state index in [1.165, 1.54) is 7.11 Å². The molecule has 0 saturated heterocycles. The van der Waals surface area contributed by atoms with Gasteiger partial charge in [0, 0.05) is 22.3 Å². The van der Waals surface area contributed by atoms with Crippen LogP contribution in [0.15, 0.2) is 41.4 Å². The number of aliphatic imine (C=N–C) groups is 1. The number of nitrogens with one attached hydrogen (secondary N) is 3. The first-order valence-electron chi connectivity index (χ1n) is 8.61. The fraction of sp³-hybridized carbons (Fsp3) is 0.158. The molecular formula is C19H18N4O5S. The van der Waals surface area contributed by atoms with Crippen LogP contribution in [0.25, 0.3) is 10.9 Å². The summed E-state index contributed by atoms with van der Waals surface area (Å²) in [5.74, 6) is -0.118. The maximum Gasteiger partial charge on any atom is 0.337 e. The molecule has 1 aliphatic heterocycles. The van der Waals surface area contributed by atoms with E-state index in [9.17, 15) is 18.3 Å². The number of hydrogen-bond donors (Lipinski definition) is 4. The number of benzene rings is 2. The number of amidine groups is 1. The van der Waals surface area contributed by atoms with Gasteiger partial charge >= 0.3 is 5.97 Å². The number of fused-ring (bicyclic) bond motifs is 2. The number of carbonyl (C=O) groups is 1. The van der Waals surface area contributed by atoms with Gasteiger partial charge in [-0.3, -0.25) is 9.71 Å². The van der Waals surface area contributed by atoms with Gasteiger partial charge in [0.05, 0.1) is 31.0 Å². The lowest BCUT2D eigenvalue weighted by atomic mass is 10.1. The highest BCUT2D eigenvalue weighted by molar-refractivity contribution is 7.92. The molecule has 3 aromatic rings. The minimum Gasteiger partial charge on any atom is -0.494 e. The van der Waals surface area contributed by atoms with Crippen molar-refractivity contribution in [1.29, 1.82) is 0 Å². The van der Waals surface area contributed by atoms with Crippen LogP contribution in [0.4, 0.5) is 11.4 Å². The van der Waals surface area contributed by atoms with Crippen LogP contribution in [0.5, 0.6) is 5.88 Å². The van der Waals surface area contributed by atoms with Crippen LogP contribution in [0.2, 0.25) is 0 Å². The molecule has 0 atom stereocenters. The Hall–Kier alpha value is -3.53. The molecule has 0 saturated carbocycles. The number of H-pyrrole nitrogens is 1. The second-order valence-corrected chi connectivity index (χ2v) is 8.38. The van der Waals surface area contributed by atoms with Gasteiger partial charge in [0.25, 0.3) is 0 Å². The van der Waals surface area contributed by atoms with Gasteiger partial charge < -0.3 is 20.1 Å². The molecule has 0 spiro atoms. The zero-order valence-corrected chi connectivity index (χ0v) is 16.4. The summed E-state index contributed by atoms with van der Waals surface area (Å²) in [6, 6.07) is 10.0. The van der Waals surface area contributed by atoms with E-state index in [-0.39, 0.29) is 5.88 Å². The average molecular weight is 414 g/mol. The number of aromatic amines is 1. The van der Waals surface area contributed by atoms with E-state index in [0.717, 1.165) is 17.5 Å². The molecule has 0 fully saturated rings. The van der Waals surface area contributed by atoms with Crippen LogP contribution in [-0.4, -0.2) is 43.7 Å². The molecule has 0 amide bonds. The Labute approximate surface area is 166 Å². The Balaban J connectivity index is 1.71. The number of methoxy groups -OCH3 is 1. The Morgan fingerprint density at radius 3 is 2.76 bits per heavy atom. The number of anilines is 2. The molecule has 0 aliphatic carbocycles. The predicted octanol–water partition coefficient (Wildman–Crippen LogP) is 2.40. The van der Waals surface area contributed by atoms with Crippen molar-refractivity contribution in [2.45, 2.75) is 6.54 Å². The predicted molar refractivity (Wildman–Crippen MR) is 110 cm³/mol. The maximum absolute atomic E-state index is 11.9. The monoisotopic (exact) mass is 414 g/mol. The van der Waals surface area contributed by atoms with Crippen molar-refractivity contribution in [3.63, 3.8) is 0 Å². The Morgan fingerprint density at radius 1 is 1.24 bits per heavy atom. The van der Waals surface area contributed by atoms with Gasteiger partial charge in [0.1, 0.15) is 5.84 Å². The number of esters is 1. The molecule has 29 heavy (non-hydrogen) atoms. The highest BCUT2D eigenvalue weighted by Crippen LogP contribution is 2.32. The Morgan fingerprint density at radius 2 is 2.03 bits per heavy atom. The van der Waals surface area contributed by atoms with E-state index in [1.54, 1.807) is 36.4 Å². The van der Waals surface area contributed by atoms with E-state index in [0.29, 0.717) is 40.1 Å². The van der Waals surface area contributed by atoms with Crippen molar-refractivity contribution in [1.82, 2.24) is 4.98 Å². The van der Waals surface area contributed by atoms with Crippen LogP contribution >= 0.6 is 0 Å². The van der Waals surface area contributed by atoms with Gasteiger partial charge in [-0.15, -0.1) is 0 Å². The Bertz CT molecular complexity index is 1280. The molecule has 2 heterocycles. The van der Waals surface area contributed by atoms with Crippen LogP contribution in [-0.2, 0) is 21.3 Å². The van der Waals surface area contributed by atoms with Crippen molar-refractivity contribution in [2.24, 2.45) is 4.99 Å². The fourth-order valence-corrected chi connectivity index (χ4v) is 3.81. The Kier molecular flexibility index (Phi) is 4.42. The van der Waals surface area contributed by atoms with Gasteiger partial charge in [-0.25, -0.2) is 13.2 Å². The normalized spacial score (nSPS) is 13.4. The average Bonchev–Trinajstić information content (AvgIpc) is 3.00. The van der Waals surface area contributed by atoms with Gasteiger partial charge in [-0.1, -0.05) is 0 Å². The summed E-state index contributed by atoms with van der Waals surface area (Å²) in [5.41, 5.74) is 3.43. The van der Waals surface area contributed by atoms with E-state index < -0.39 is 16.0 Å². The van der Waals surface area contributed by atoms with E-state index in [2.05, 4.69) is 20.0 Å². The van der Waals surface area contributed by atoms with Gasteiger partial charge in [-0.2, -0.15) is 0 Å². The van der Waals surface area contributed by atoms with Crippen molar-refractivity contribution in [3.05, 3.63) is 53.1 Å². The molecule has 1 aliphatic rings. The molecule has 0 radical (unpaired) electrons. The number of sulfonamides is 1. The molecule has 4 N–H and O–H groups in total. The summed E-state index contributed by atoms with van der Waals surface area (Å²) >= 11 is 0. The summed E-state index contributed by atoms with van der Waals surface area (Å²) < 4.78 is 30.0. The zero-order chi connectivity index (χ0) is 20.8. The summed E-state index contributed by atoms with van der Waals surface area (Å²) in [6.45, 7) is 0.291. The molecular weight excluding hydrogens is 396 g/mol.